The second-order valence-corrected chi connectivity index (χ2v) is 6.94. The van der Waals surface area contributed by atoms with Crippen molar-refractivity contribution in [2.75, 3.05) is 0 Å². The van der Waals surface area contributed by atoms with Crippen LogP contribution in [-0.4, -0.2) is 25.7 Å². The minimum atomic E-state index is -4.00. The van der Waals surface area contributed by atoms with Crippen LogP contribution in [0.1, 0.15) is 13.3 Å². The van der Waals surface area contributed by atoms with Gasteiger partial charge in [-0.2, -0.15) is 13.2 Å². The highest BCUT2D eigenvalue weighted by atomic mass is 28.3. The largest absolute Gasteiger partial charge is 0.465 e. The summed E-state index contributed by atoms with van der Waals surface area (Å²) in [5.74, 6) is 0. The number of alkyl halides is 3. The van der Waals surface area contributed by atoms with Gasteiger partial charge in [0.1, 0.15) is 10.5 Å². The molecule has 0 rings (SSSR count). The molecule has 0 spiro atoms. The van der Waals surface area contributed by atoms with Crippen LogP contribution in [0.4, 0.5) is 13.2 Å². The zero-order chi connectivity index (χ0) is 8.91. The van der Waals surface area contributed by atoms with E-state index in [0.29, 0.717) is 10.5 Å². The molecule has 0 saturated carbocycles. The highest BCUT2D eigenvalue weighted by Gasteiger charge is 2.28. The molecule has 11 heavy (non-hydrogen) atoms. The van der Waals surface area contributed by atoms with E-state index in [0.717, 1.165) is 6.04 Å². The fraction of sp³-hybridized carbons (Fsp3) is 1.00. The van der Waals surface area contributed by atoms with Crippen molar-refractivity contribution in [3.8, 4) is 0 Å². The number of rotatable bonds is 4. The Balaban J connectivity index is 3.51. The Labute approximate surface area is 69.2 Å². The van der Waals surface area contributed by atoms with Gasteiger partial charge in [-0.25, -0.2) is 0 Å². The van der Waals surface area contributed by atoms with Crippen LogP contribution in [0.5, 0.6) is 0 Å². The molecule has 0 bridgehead atoms. The number of halogens is 3. The summed E-state index contributed by atoms with van der Waals surface area (Å²) in [5, 5.41) is 0. The van der Waals surface area contributed by atoms with Crippen molar-refractivity contribution in [3.63, 3.8) is 0 Å². The Hall–Kier alpha value is 0.184. The van der Waals surface area contributed by atoms with Crippen LogP contribution in [0.3, 0.4) is 0 Å². The van der Waals surface area contributed by atoms with Gasteiger partial charge in [-0.3, -0.25) is 0 Å². The van der Waals surface area contributed by atoms with Crippen LogP contribution in [0.2, 0.25) is 12.1 Å². The van der Waals surface area contributed by atoms with Gasteiger partial charge in [0.05, 0.1) is 0 Å². The Morgan fingerprint density at radius 1 is 1.45 bits per heavy atom. The van der Waals surface area contributed by atoms with Gasteiger partial charge in [0.15, 0.2) is 9.04 Å². The molecule has 1 nitrogen and oxygen atoms in total. The number of hydrogen-bond acceptors (Lipinski definition) is 1. The monoisotopic (exact) mass is 202 g/mol. The topological polar surface area (TPSA) is 9.23 Å². The molecule has 1 unspecified atom stereocenters. The zero-order valence-electron chi connectivity index (χ0n) is 6.74. The van der Waals surface area contributed by atoms with E-state index in [1.54, 1.807) is 0 Å². The lowest BCUT2D eigenvalue weighted by molar-refractivity contribution is -0.130. The third kappa shape index (κ3) is 6.58. The average Bonchev–Trinajstić information content (AvgIpc) is 1.88. The van der Waals surface area contributed by atoms with Gasteiger partial charge in [0.2, 0.25) is 0 Å². The Bertz CT molecular complexity index is 102. The molecule has 0 saturated heterocycles. The maximum Gasteiger partial charge on any atom is 0.388 e. The van der Waals surface area contributed by atoms with Crippen molar-refractivity contribution in [2.24, 2.45) is 0 Å². The normalized spacial score (nSPS) is 15.3. The van der Waals surface area contributed by atoms with Crippen molar-refractivity contribution in [2.45, 2.75) is 31.6 Å². The molecule has 0 N–H and O–H groups in total. The van der Waals surface area contributed by atoms with Gasteiger partial charge in [0.25, 0.3) is 0 Å². The second-order valence-electron chi connectivity index (χ2n) is 2.42. The molecule has 6 heteroatoms. The summed E-state index contributed by atoms with van der Waals surface area (Å²) in [4.78, 5) is 0. The molecule has 0 aromatic carbocycles. The first-order chi connectivity index (χ1) is 4.99. The summed E-state index contributed by atoms with van der Waals surface area (Å²) in [6.07, 6.45) is -4.67. The van der Waals surface area contributed by atoms with E-state index in [4.69, 9.17) is 4.12 Å². The fourth-order valence-electron chi connectivity index (χ4n) is 0.813. The fourth-order valence-corrected chi connectivity index (χ4v) is 4.15. The Morgan fingerprint density at radius 3 is 2.27 bits per heavy atom. The van der Waals surface area contributed by atoms with Crippen molar-refractivity contribution in [1.29, 1.82) is 0 Å². The second kappa shape index (κ2) is 4.94. The summed E-state index contributed by atoms with van der Waals surface area (Å²) < 4.78 is 40.1. The van der Waals surface area contributed by atoms with Crippen LogP contribution in [-0.2, 0) is 4.12 Å². The van der Waals surface area contributed by atoms with Gasteiger partial charge in [-0.15, -0.1) is 0 Å². The molecule has 0 aliphatic heterocycles. The third-order valence-electron chi connectivity index (χ3n) is 1.54. The van der Waals surface area contributed by atoms with E-state index in [1.165, 1.54) is 0 Å². The van der Waals surface area contributed by atoms with E-state index in [-0.39, 0.29) is 6.04 Å². The predicted molar refractivity (Wildman–Crippen MR) is 44.1 cm³/mol. The summed E-state index contributed by atoms with van der Waals surface area (Å²) in [6, 6.07) is 1.04. The summed E-state index contributed by atoms with van der Waals surface area (Å²) in [6.45, 7) is 1.89. The van der Waals surface area contributed by atoms with Crippen LogP contribution >= 0.6 is 0 Å². The van der Waals surface area contributed by atoms with E-state index in [1.807, 2.05) is 6.92 Å². The van der Waals surface area contributed by atoms with Crippen molar-refractivity contribution < 1.29 is 17.3 Å². The molecular weight excluding hydrogens is 189 g/mol. The molecule has 0 aliphatic carbocycles. The van der Waals surface area contributed by atoms with Gasteiger partial charge in [0, 0.05) is 6.42 Å². The van der Waals surface area contributed by atoms with Crippen LogP contribution < -0.4 is 0 Å². The minimum absolute atomic E-state index is 0.240. The standard InChI is InChI=1S/C5H13F3OSi2/c1-2-11(9-10)4-3-5(6,7)8/h11H,2-4H2,1,10H3. The van der Waals surface area contributed by atoms with Crippen molar-refractivity contribution >= 4 is 19.5 Å². The number of hydrogen-bond donors (Lipinski definition) is 0. The van der Waals surface area contributed by atoms with Crippen molar-refractivity contribution in [3.05, 3.63) is 0 Å². The Morgan fingerprint density at radius 2 is 2.00 bits per heavy atom. The zero-order valence-corrected chi connectivity index (χ0v) is 9.90. The highest BCUT2D eigenvalue weighted by Crippen LogP contribution is 2.23. The van der Waals surface area contributed by atoms with E-state index in [9.17, 15) is 13.2 Å². The smallest absolute Gasteiger partial charge is 0.388 e. The molecule has 0 fully saturated rings. The van der Waals surface area contributed by atoms with Crippen LogP contribution in [0.15, 0.2) is 0 Å². The van der Waals surface area contributed by atoms with E-state index >= 15 is 0 Å². The lowest BCUT2D eigenvalue weighted by Gasteiger charge is -2.12. The highest BCUT2D eigenvalue weighted by molar-refractivity contribution is 6.55. The lowest BCUT2D eigenvalue weighted by Crippen LogP contribution is -2.19. The van der Waals surface area contributed by atoms with E-state index in [2.05, 4.69) is 0 Å². The van der Waals surface area contributed by atoms with Crippen LogP contribution in [0, 0.1) is 0 Å². The molecule has 0 aromatic rings. The quantitative estimate of drug-likeness (QED) is 0.618. The van der Waals surface area contributed by atoms with Gasteiger partial charge in [-0.1, -0.05) is 6.92 Å². The first-order valence-corrected chi connectivity index (χ1v) is 6.51. The molecule has 0 aliphatic rings. The predicted octanol–water partition coefficient (Wildman–Crippen LogP) is 0.979. The molecule has 1 atom stereocenters. The first kappa shape index (κ1) is 11.2. The van der Waals surface area contributed by atoms with Crippen LogP contribution in [0.25, 0.3) is 0 Å². The van der Waals surface area contributed by atoms with Crippen molar-refractivity contribution in [1.82, 2.24) is 0 Å². The molecule has 0 aromatic heterocycles. The summed E-state index contributed by atoms with van der Waals surface area (Å²) in [7, 11) is -0.873. The average molecular weight is 202 g/mol. The maximum absolute atomic E-state index is 11.7. The SMILES string of the molecule is CC[SiH](CCC(F)(F)F)O[SiH3]. The maximum atomic E-state index is 11.7. The lowest BCUT2D eigenvalue weighted by atomic mass is 10.5. The Kier molecular flexibility index (Phi) is 5.02. The minimum Gasteiger partial charge on any atom is -0.465 e. The molecule has 0 heterocycles. The molecule has 0 amide bonds. The van der Waals surface area contributed by atoms with Gasteiger partial charge >= 0.3 is 6.18 Å². The first-order valence-electron chi connectivity index (χ1n) is 3.59. The van der Waals surface area contributed by atoms with Gasteiger partial charge in [-0.05, 0) is 12.1 Å². The molecule has 0 radical (unpaired) electrons. The van der Waals surface area contributed by atoms with Gasteiger partial charge < -0.3 is 4.12 Å². The summed E-state index contributed by atoms with van der Waals surface area (Å²) >= 11 is 0. The van der Waals surface area contributed by atoms with E-state index < -0.39 is 21.6 Å². The molecule has 68 valence electrons. The molecular formula is C5H13F3OSi2. The third-order valence-corrected chi connectivity index (χ3v) is 6.05. The summed E-state index contributed by atoms with van der Waals surface area (Å²) in [5.41, 5.74) is 0.